The monoisotopic (exact) mass is 229 g/mol. The highest BCUT2D eigenvalue weighted by atomic mass is 19.1. The van der Waals surface area contributed by atoms with Crippen LogP contribution in [0.2, 0.25) is 0 Å². The van der Waals surface area contributed by atoms with Crippen LogP contribution in [0.25, 0.3) is 0 Å². The summed E-state index contributed by atoms with van der Waals surface area (Å²) >= 11 is 0. The molecule has 1 heterocycles. The molecule has 0 aliphatic rings. The number of nitrogens with one attached hydrogen (secondary N) is 1. The van der Waals surface area contributed by atoms with Gasteiger partial charge >= 0.3 is 12.2 Å². The van der Waals surface area contributed by atoms with Crippen molar-refractivity contribution in [2.45, 2.75) is 19.4 Å². The predicted molar refractivity (Wildman–Crippen MR) is 53.3 cm³/mol. The fraction of sp³-hybridized carbons (Fsp3) is 0.500. The smallest absolute Gasteiger partial charge is 0.323 e. The van der Waals surface area contributed by atoms with Gasteiger partial charge in [-0.2, -0.15) is 9.37 Å². The molecule has 0 saturated heterocycles. The molecule has 1 amide bonds. The van der Waals surface area contributed by atoms with Gasteiger partial charge in [0.25, 0.3) is 0 Å². The van der Waals surface area contributed by atoms with Crippen molar-refractivity contribution in [1.29, 1.82) is 0 Å². The number of oxime groups is 1. The zero-order valence-corrected chi connectivity index (χ0v) is 9.14. The van der Waals surface area contributed by atoms with Gasteiger partial charge in [-0.1, -0.05) is 5.16 Å². The third-order valence-electron chi connectivity index (χ3n) is 1.76. The molecule has 7 nitrogen and oxygen atoms in total. The second-order valence-corrected chi connectivity index (χ2v) is 3.48. The van der Waals surface area contributed by atoms with E-state index >= 15 is 0 Å². The second-order valence-electron chi connectivity index (χ2n) is 3.48. The molecule has 0 radical (unpaired) electrons. The minimum Gasteiger partial charge on any atom is -0.323 e. The molecule has 0 saturated carbocycles. The van der Waals surface area contributed by atoms with Gasteiger partial charge in [-0.3, -0.25) is 4.84 Å². The lowest BCUT2D eigenvalue weighted by Crippen LogP contribution is -2.29. The molecule has 1 N–H and O–H groups in total. The van der Waals surface area contributed by atoms with Crippen LogP contribution in [0.3, 0.4) is 0 Å². The van der Waals surface area contributed by atoms with Crippen LogP contribution in [-0.4, -0.2) is 34.1 Å². The number of aromatic nitrogens is 3. The summed E-state index contributed by atoms with van der Waals surface area (Å²) in [6, 6.07) is 0. The first-order chi connectivity index (χ1) is 7.45. The lowest BCUT2D eigenvalue weighted by atomic mass is 10.1. The first-order valence-corrected chi connectivity index (χ1v) is 4.46. The van der Waals surface area contributed by atoms with Gasteiger partial charge in [0.15, 0.2) is 0 Å². The van der Waals surface area contributed by atoms with E-state index in [0.717, 1.165) is 0 Å². The number of halogens is 1. The number of nitrogens with zero attached hydrogens (tertiary/aromatic N) is 4. The van der Waals surface area contributed by atoms with Crippen molar-refractivity contribution >= 4 is 12.3 Å². The molecule has 88 valence electrons. The van der Waals surface area contributed by atoms with Crippen LogP contribution in [0.5, 0.6) is 0 Å². The van der Waals surface area contributed by atoms with E-state index in [2.05, 4.69) is 25.4 Å². The molecule has 0 unspecified atom stereocenters. The van der Waals surface area contributed by atoms with E-state index in [9.17, 15) is 9.18 Å². The van der Waals surface area contributed by atoms with Crippen LogP contribution < -0.4 is 5.32 Å². The third kappa shape index (κ3) is 3.01. The van der Waals surface area contributed by atoms with Crippen molar-refractivity contribution in [2.24, 2.45) is 5.16 Å². The molecule has 0 spiro atoms. The highest BCUT2D eigenvalue weighted by molar-refractivity contribution is 5.70. The van der Waals surface area contributed by atoms with Crippen LogP contribution in [0.15, 0.2) is 11.5 Å². The van der Waals surface area contributed by atoms with Gasteiger partial charge in [0.1, 0.15) is 6.33 Å². The summed E-state index contributed by atoms with van der Waals surface area (Å²) in [5.41, 5.74) is -0.745. The van der Waals surface area contributed by atoms with E-state index in [4.69, 9.17) is 0 Å². The van der Waals surface area contributed by atoms with Crippen molar-refractivity contribution in [3.63, 3.8) is 0 Å². The number of carbonyl (C=O) groups is 1. The maximum atomic E-state index is 12.6. The largest absolute Gasteiger partial charge is 0.433 e. The Morgan fingerprint density at radius 2 is 2.44 bits per heavy atom. The summed E-state index contributed by atoms with van der Waals surface area (Å²) in [7, 11) is 1.41. The molecule has 0 aliphatic heterocycles. The van der Waals surface area contributed by atoms with Crippen molar-refractivity contribution in [3.05, 3.63) is 12.4 Å². The molecule has 0 fully saturated rings. The Bertz CT molecular complexity index is 401. The Hall–Kier alpha value is -1.99. The molecule has 0 atom stereocenters. The van der Waals surface area contributed by atoms with Crippen LogP contribution >= 0.6 is 0 Å². The maximum absolute atomic E-state index is 12.6. The maximum Gasteiger partial charge on any atom is 0.433 e. The Kier molecular flexibility index (Phi) is 3.54. The number of rotatable bonds is 3. The Morgan fingerprint density at radius 3 is 2.94 bits per heavy atom. The lowest BCUT2D eigenvalue weighted by molar-refractivity contribution is 0.152. The summed E-state index contributed by atoms with van der Waals surface area (Å²) in [6.45, 7) is 3.41. The van der Waals surface area contributed by atoms with Crippen molar-refractivity contribution in [3.8, 4) is 0 Å². The summed E-state index contributed by atoms with van der Waals surface area (Å²) in [4.78, 5) is 18.5. The molecule has 0 bridgehead atoms. The highest BCUT2D eigenvalue weighted by Crippen LogP contribution is 2.10. The fourth-order valence-corrected chi connectivity index (χ4v) is 0.829. The zero-order chi connectivity index (χ0) is 12.2. The first-order valence-electron chi connectivity index (χ1n) is 4.46. The average Bonchev–Trinajstić information content (AvgIpc) is 2.65. The van der Waals surface area contributed by atoms with Crippen molar-refractivity contribution < 1.29 is 14.0 Å². The van der Waals surface area contributed by atoms with Crippen LogP contribution in [-0.2, 0) is 10.4 Å². The first kappa shape index (κ1) is 12.1. The molecule has 0 aliphatic carbocycles. The van der Waals surface area contributed by atoms with Gasteiger partial charge in [-0.25, -0.2) is 9.48 Å². The van der Waals surface area contributed by atoms with Crippen LogP contribution in [0, 0.1) is 6.08 Å². The van der Waals surface area contributed by atoms with Crippen LogP contribution in [0.4, 0.5) is 9.18 Å². The van der Waals surface area contributed by atoms with Crippen LogP contribution in [0.1, 0.15) is 13.8 Å². The van der Waals surface area contributed by atoms with Gasteiger partial charge in [-0.05, 0) is 13.8 Å². The summed E-state index contributed by atoms with van der Waals surface area (Å²) in [5.74, 6) is 0. The van der Waals surface area contributed by atoms with E-state index in [1.807, 2.05) is 0 Å². The lowest BCUT2D eigenvalue weighted by Gasteiger charge is -2.17. The standard InChI is InChI=1S/C8H12FN5O2/c1-8(2,4-12-16-7(15)10-3)14-5-11-6(9)13-14/h4-5H,1-3H3,(H,10,15). The van der Waals surface area contributed by atoms with Gasteiger partial charge < -0.3 is 5.32 Å². The number of hydrogen-bond donors (Lipinski definition) is 1. The Morgan fingerprint density at radius 1 is 1.75 bits per heavy atom. The number of amides is 1. The molecule has 1 rings (SSSR count). The topological polar surface area (TPSA) is 81.4 Å². The Balaban J connectivity index is 2.68. The minimum absolute atomic E-state index is 0.683. The van der Waals surface area contributed by atoms with Gasteiger partial charge in [0, 0.05) is 7.05 Å². The summed E-state index contributed by atoms with van der Waals surface area (Å²) in [5, 5.41) is 9.17. The molecule has 0 aromatic carbocycles. The summed E-state index contributed by atoms with van der Waals surface area (Å²) in [6.07, 6.45) is 1.03. The SMILES string of the molecule is CNC(=O)ON=CC(C)(C)n1cnc(F)n1. The molecule has 1 aromatic rings. The number of hydrogen-bond acceptors (Lipinski definition) is 5. The molecule has 1 aromatic heterocycles. The fourth-order valence-electron chi connectivity index (χ4n) is 0.829. The zero-order valence-electron chi connectivity index (χ0n) is 9.14. The normalized spacial score (nSPS) is 11.8. The third-order valence-corrected chi connectivity index (χ3v) is 1.76. The van der Waals surface area contributed by atoms with Crippen molar-refractivity contribution in [1.82, 2.24) is 20.1 Å². The van der Waals surface area contributed by atoms with E-state index in [1.54, 1.807) is 13.8 Å². The van der Waals surface area contributed by atoms with E-state index in [1.165, 1.54) is 24.3 Å². The van der Waals surface area contributed by atoms with Gasteiger partial charge in [0.2, 0.25) is 0 Å². The van der Waals surface area contributed by atoms with E-state index in [-0.39, 0.29) is 0 Å². The van der Waals surface area contributed by atoms with Crippen molar-refractivity contribution in [2.75, 3.05) is 7.05 Å². The molecular weight excluding hydrogens is 217 g/mol. The molecule has 16 heavy (non-hydrogen) atoms. The van der Waals surface area contributed by atoms with Gasteiger partial charge in [0.05, 0.1) is 11.8 Å². The highest BCUT2D eigenvalue weighted by Gasteiger charge is 2.20. The minimum atomic E-state index is -0.825. The van der Waals surface area contributed by atoms with E-state index in [0.29, 0.717) is 0 Å². The van der Waals surface area contributed by atoms with Gasteiger partial charge in [-0.15, -0.1) is 5.10 Å². The van der Waals surface area contributed by atoms with E-state index < -0.39 is 17.7 Å². The summed E-state index contributed by atoms with van der Waals surface area (Å²) < 4.78 is 13.8. The molecule has 8 heteroatoms. The number of carbonyl (C=O) groups excluding carboxylic acids is 1. The average molecular weight is 229 g/mol. The predicted octanol–water partition coefficient (Wildman–Crippen LogP) is 0.494. The second kappa shape index (κ2) is 4.69. The quantitative estimate of drug-likeness (QED) is 0.464. The molecular formula is C8H12FN5O2. The Labute approximate surface area is 91.3 Å².